The molecule has 0 aliphatic rings. The van der Waals surface area contributed by atoms with Gasteiger partial charge in [-0.1, -0.05) is 31.2 Å². The van der Waals surface area contributed by atoms with Crippen molar-refractivity contribution in [2.75, 3.05) is 5.75 Å². The van der Waals surface area contributed by atoms with Crippen LogP contribution in [0.1, 0.15) is 30.9 Å². The fourth-order valence-electron chi connectivity index (χ4n) is 2.66. The highest BCUT2D eigenvalue weighted by atomic mass is 32.2. The molecule has 2 aromatic carbocycles. The largest absolute Gasteiger partial charge is 0.508 e. The van der Waals surface area contributed by atoms with E-state index in [1.807, 2.05) is 24.3 Å². The Morgan fingerprint density at radius 2 is 1.32 bits per heavy atom. The molecule has 0 heterocycles. The van der Waals surface area contributed by atoms with Gasteiger partial charge < -0.3 is 14.8 Å². The zero-order chi connectivity index (χ0) is 16.2. The molecule has 0 saturated carbocycles. The van der Waals surface area contributed by atoms with Gasteiger partial charge in [0.2, 0.25) is 0 Å². The van der Waals surface area contributed by atoms with Crippen molar-refractivity contribution < 1.29 is 19.0 Å². The van der Waals surface area contributed by atoms with E-state index in [4.69, 9.17) is 4.55 Å². The molecule has 1 atom stereocenters. The summed E-state index contributed by atoms with van der Waals surface area (Å²) in [5, 5.41) is 18.9. The molecule has 0 bridgehead atoms. The second-order valence-electron chi connectivity index (χ2n) is 5.56. The lowest BCUT2D eigenvalue weighted by Crippen LogP contribution is -2.24. The fraction of sp³-hybridized carbons (Fsp3) is 0.294. The van der Waals surface area contributed by atoms with E-state index in [2.05, 4.69) is 6.92 Å². The molecular weight excluding hydrogens is 300 g/mol. The first-order chi connectivity index (χ1) is 10.4. The molecule has 0 saturated heterocycles. The van der Waals surface area contributed by atoms with Gasteiger partial charge in [0.25, 0.3) is 0 Å². The van der Waals surface area contributed by atoms with Crippen molar-refractivity contribution in [1.82, 2.24) is 0 Å². The molecule has 0 amide bonds. The van der Waals surface area contributed by atoms with Gasteiger partial charge in [-0.15, -0.1) is 0 Å². The van der Waals surface area contributed by atoms with Gasteiger partial charge in [-0.05, 0) is 48.2 Å². The minimum absolute atomic E-state index is 0.202. The van der Waals surface area contributed by atoms with Crippen LogP contribution in [0.15, 0.2) is 48.5 Å². The van der Waals surface area contributed by atoms with Crippen LogP contribution in [-0.4, -0.2) is 24.7 Å². The summed E-state index contributed by atoms with van der Waals surface area (Å²) in [4.78, 5) is 0. The van der Waals surface area contributed by atoms with Crippen molar-refractivity contribution >= 4 is 11.1 Å². The van der Waals surface area contributed by atoms with Gasteiger partial charge in [0.15, 0.2) is 11.1 Å². The van der Waals surface area contributed by atoms with E-state index in [1.54, 1.807) is 24.3 Å². The van der Waals surface area contributed by atoms with Gasteiger partial charge in [0, 0.05) is 11.2 Å². The summed E-state index contributed by atoms with van der Waals surface area (Å²) in [6.07, 6.45) is 1.29. The number of benzene rings is 2. The third-order valence-corrected chi connectivity index (χ3v) is 4.64. The quantitative estimate of drug-likeness (QED) is 0.713. The zero-order valence-corrected chi connectivity index (χ0v) is 13.2. The molecule has 4 nitrogen and oxygen atoms in total. The third kappa shape index (κ3) is 3.87. The summed E-state index contributed by atoms with van der Waals surface area (Å²) in [5.41, 5.74) is 1.67. The second kappa shape index (κ2) is 6.94. The molecule has 118 valence electrons. The number of rotatable bonds is 6. The van der Waals surface area contributed by atoms with E-state index >= 15 is 0 Å². The van der Waals surface area contributed by atoms with Crippen molar-refractivity contribution in [3.05, 3.63) is 59.7 Å². The number of aromatic hydroxyl groups is 2. The molecular formula is C17H20O4S. The van der Waals surface area contributed by atoms with Crippen LogP contribution in [-0.2, 0) is 16.5 Å². The van der Waals surface area contributed by atoms with Gasteiger partial charge in [-0.3, -0.25) is 0 Å². The Morgan fingerprint density at radius 1 is 0.909 bits per heavy atom. The number of phenolic OH excluding ortho intramolecular Hbond substituents is 2. The summed E-state index contributed by atoms with van der Waals surface area (Å²) in [6.45, 7) is 2.06. The molecule has 0 aliphatic carbocycles. The van der Waals surface area contributed by atoms with Crippen molar-refractivity contribution in [1.29, 1.82) is 0 Å². The number of phenols is 2. The predicted octanol–water partition coefficient (Wildman–Crippen LogP) is 3.41. The molecule has 5 heteroatoms. The predicted molar refractivity (Wildman–Crippen MR) is 87.5 cm³/mol. The van der Waals surface area contributed by atoms with Crippen LogP contribution < -0.4 is 0 Å². The Kier molecular flexibility index (Phi) is 5.21. The molecule has 3 N–H and O–H groups in total. The maximum atomic E-state index is 10.9. The average Bonchev–Trinajstić information content (AvgIpc) is 2.48. The second-order valence-corrected chi connectivity index (χ2v) is 6.61. The van der Waals surface area contributed by atoms with Crippen LogP contribution >= 0.6 is 0 Å². The highest BCUT2D eigenvalue weighted by Gasteiger charge is 2.28. The van der Waals surface area contributed by atoms with Gasteiger partial charge >= 0.3 is 0 Å². The standard InChI is InChI=1S/C17H20O4S/c1-17(11-2-12-22(20)21,13-3-7-15(18)8-4-13)14-5-9-16(19)10-6-14/h3-10,18-19H,2,11-12H2,1H3,(H,20,21). The smallest absolute Gasteiger partial charge is 0.152 e. The molecule has 2 rings (SSSR count). The summed E-state index contributed by atoms with van der Waals surface area (Å²) >= 11 is -1.80. The number of hydrogen-bond acceptors (Lipinski definition) is 3. The van der Waals surface area contributed by atoms with Crippen LogP contribution in [0.5, 0.6) is 11.5 Å². The minimum atomic E-state index is -1.80. The monoisotopic (exact) mass is 320 g/mol. The lowest BCUT2D eigenvalue weighted by atomic mass is 9.73. The first-order valence-corrected chi connectivity index (χ1v) is 8.36. The van der Waals surface area contributed by atoms with E-state index in [0.29, 0.717) is 12.8 Å². The first-order valence-electron chi connectivity index (χ1n) is 7.08. The van der Waals surface area contributed by atoms with Crippen LogP contribution in [0.3, 0.4) is 0 Å². The molecule has 0 fully saturated rings. The van der Waals surface area contributed by atoms with Crippen LogP contribution in [0.25, 0.3) is 0 Å². The van der Waals surface area contributed by atoms with Crippen molar-refractivity contribution in [2.45, 2.75) is 25.2 Å². The molecule has 0 radical (unpaired) electrons. The van der Waals surface area contributed by atoms with Crippen molar-refractivity contribution in [2.24, 2.45) is 0 Å². The van der Waals surface area contributed by atoms with E-state index in [1.165, 1.54) is 0 Å². The van der Waals surface area contributed by atoms with Gasteiger partial charge in [0.05, 0.1) is 0 Å². The number of hydrogen-bond donors (Lipinski definition) is 3. The summed E-state index contributed by atoms with van der Waals surface area (Å²) in [7, 11) is 0. The van der Waals surface area contributed by atoms with Crippen LogP contribution in [0.2, 0.25) is 0 Å². The molecule has 0 aliphatic heterocycles. The van der Waals surface area contributed by atoms with Gasteiger partial charge in [-0.25, -0.2) is 4.21 Å². The third-order valence-electron chi connectivity index (χ3n) is 4.00. The van der Waals surface area contributed by atoms with Gasteiger partial charge in [0.1, 0.15) is 11.5 Å². The SMILES string of the molecule is CC(CCCS(=O)O)(c1ccc(O)cc1)c1ccc(O)cc1. The average molecular weight is 320 g/mol. The Hall–Kier alpha value is -1.85. The zero-order valence-electron chi connectivity index (χ0n) is 12.4. The molecule has 22 heavy (non-hydrogen) atoms. The Bertz CT molecular complexity index is 589. The van der Waals surface area contributed by atoms with Crippen LogP contribution in [0.4, 0.5) is 0 Å². The molecule has 1 unspecified atom stereocenters. The minimum Gasteiger partial charge on any atom is -0.508 e. The topological polar surface area (TPSA) is 77.8 Å². The fourth-order valence-corrected chi connectivity index (χ4v) is 3.05. The van der Waals surface area contributed by atoms with Crippen molar-refractivity contribution in [3.63, 3.8) is 0 Å². The lowest BCUT2D eigenvalue weighted by molar-refractivity contribution is 0.469. The summed E-state index contributed by atoms with van der Waals surface area (Å²) in [5.74, 6) is 0.632. The van der Waals surface area contributed by atoms with E-state index in [9.17, 15) is 14.4 Å². The highest BCUT2D eigenvalue weighted by molar-refractivity contribution is 7.79. The van der Waals surface area contributed by atoms with Crippen molar-refractivity contribution in [3.8, 4) is 11.5 Å². The first kappa shape index (κ1) is 16.5. The normalized spacial score (nSPS) is 13.0. The Labute approximate surface area is 132 Å². The molecule has 0 spiro atoms. The highest BCUT2D eigenvalue weighted by Crippen LogP contribution is 2.37. The van der Waals surface area contributed by atoms with E-state index < -0.39 is 11.1 Å². The summed E-state index contributed by atoms with van der Waals surface area (Å²) < 4.78 is 19.9. The van der Waals surface area contributed by atoms with E-state index in [0.717, 1.165) is 11.1 Å². The summed E-state index contributed by atoms with van der Waals surface area (Å²) in [6, 6.07) is 14.0. The molecule has 0 aromatic heterocycles. The molecule has 2 aromatic rings. The van der Waals surface area contributed by atoms with Crippen LogP contribution in [0, 0.1) is 0 Å². The Morgan fingerprint density at radius 3 is 1.68 bits per heavy atom. The Balaban J connectivity index is 2.36. The maximum Gasteiger partial charge on any atom is 0.152 e. The van der Waals surface area contributed by atoms with E-state index in [-0.39, 0.29) is 22.7 Å². The maximum absolute atomic E-state index is 10.9. The van der Waals surface area contributed by atoms with Gasteiger partial charge in [-0.2, -0.15) is 0 Å². The lowest BCUT2D eigenvalue weighted by Gasteiger charge is -2.31.